The first kappa shape index (κ1) is 18.8. The summed E-state index contributed by atoms with van der Waals surface area (Å²) < 4.78 is 1.91. The fraction of sp³-hybridized carbons (Fsp3) is 0.167. The van der Waals surface area contributed by atoms with Gasteiger partial charge in [0.05, 0.1) is 0 Å². The van der Waals surface area contributed by atoms with Crippen LogP contribution in [0, 0.1) is 0 Å². The molecule has 1 heterocycles. The molecule has 1 N–H and O–H groups in total. The Kier molecular flexibility index (Phi) is 5.86. The van der Waals surface area contributed by atoms with Gasteiger partial charge in [0.1, 0.15) is 0 Å². The summed E-state index contributed by atoms with van der Waals surface area (Å²) >= 11 is 14.0. The fourth-order valence-electron chi connectivity index (χ4n) is 2.44. The van der Waals surface area contributed by atoms with E-state index in [1.165, 1.54) is 18.7 Å². The van der Waals surface area contributed by atoms with Gasteiger partial charge in [0.15, 0.2) is 11.0 Å². The van der Waals surface area contributed by atoms with Gasteiger partial charge in [-0.3, -0.25) is 4.79 Å². The number of carbonyl (C=O) groups is 1. The summed E-state index contributed by atoms with van der Waals surface area (Å²) in [6, 6.07) is 12.9. The predicted octanol–water partition coefficient (Wildman–Crippen LogP) is 5.04. The first-order valence-electron chi connectivity index (χ1n) is 7.79. The molecule has 0 unspecified atom stereocenters. The number of nitrogens with one attached hydrogen (secondary N) is 1. The first-order chi connectivity index (χ1) is 12.5. The molecule has 8 heteroatoms. The Hall–Kier alpha value is -2.02. The van der Waals surface area contributed by atoms with Gasteiger partial charge in [0, 0.05) is 41.0 Å². The van der Waals surface area contributed by atoms with Gasteiger partial charge in [-0.2, -0.15) is 0 Å². The molecule has 1 amide bonds. The molecule has 0 fully saturated rings. The number of benzene rings is 2. The highest BCUT2D eigenvalue weighted by Crippen LogP contribution is 2.32. The Balaban J connectivity index is 1.81. The van der Waals surface area contributed by atoms with Crippen LogP contribution in [0.3, 0.4) is 0 Å². The number of carbonyl (C=O) groups excluding carboxylic acids is 1. The Bertz CT molecular complexity index is 938. The molecule has 0 aliphatic carbocycles. The number of halogens is 2. The number of hydrogen-bond acceptors (Lipinski definition) is 4. The number of thioether (sulfide) groups is 1. The topological polar surface area (TPSA) is 59.8 Å². The third-order valence-electron chi connectivity index (χ3n) is 3.68. The van der Waals surface area contributed by atoms with E-state index in [1.807, 2.05) is 54.1 Å². The zero-order valence-electron chi connectivity index (χ0n) is 14.2. The third-order valence-corrected chi connectivity index (χ3v) is 5.44. The van der Waals surface area contributed by atoms with Gasteiger partial charge in [-0.15, -0.1) is 10.2 Å². The van der Waals surface area contributed by atoms with E-state index in [1.54, 1.807) is 0 Å². The first-order valence-corrected chi connectivity index (χ1v) is 9.53. The Labute approximate surface area is 165 Å². The summed E-state index contributed by atoms with van der Waals surface area (Å²) in [4.78, 5) is 11.2. The van der Waals surface area contributed by atoms with Crippen molar-refractivity contribution >= 4 is 46.6 Å². The minimum absolute atomic E-state index is 0.118. The lowest BCUT2D eigenvalue weighted by molar-refractivity contribution is -0.114. The highest BCUT2D eigenvalue weighted by atomic mass is 35.5. The number of anilines is 1. The summed E-state index contributed by atoms with van der Waals surface area (Å²) in [5.41, 5.74) is 2.46. The van der Waals surface area contributed by atoms with Crippen molar-refractivity contribution in [3.05, 3.63) is 58.1 Å². The highest BCUT2D eigenvalue weighted by Gasteiger charge is 2.14. The van der Waals surface area contributed by atoms with E-state index in [4.69, 9.17) is 23.2 Å². The minimum Gasteiger partial charge on any atom is -0.326 e. The quantitative estimate of drug-likeness (QED) is 0.602. The number of nitrogens with zero attached hydrogens (tertiary/aromatic N) is 3. The molecule has 0 spiro atoms. The molecule has 0 radical (unpaired) electrons. The Morgan fingerprint density at radius 2 is 1.85 bits per heavy atom. The average Bonchev–Trinajstić information content (AvgIpc) is 2.95. The zero-order valence-corrected chi connectivity index (χ0v) is 16.5. The summed E-state index contributed by atoms with van der Waals surface area (Å²) in [5, 5.41) is 13.3. The maximum absolute atomic E-state index is 11.2. The molecule has 134 valence electrons. The van der Waals surface area contributed by atoms with E-state index in [-0.39, 0.29) is 5.91 Å². The van der Waals surface area contributed by atoms with Crippen LogP contribution in [0.25, 0.3) is 11.4 Å². The molecule has 0 saturated carbocycles. The lowest BCUT2D eigenvalue weighted by Crippen LogP contribution is -2.05. The standard InChI is InChI=1S/C18H16Cl2N4OS/c1-11(25)21-13-6-3-5-12(9-13)17-22-23-18(24(17)2)26-10-14-15(19)7-4-8-16(14)20/h3-9H,10H2,1-2H3,(H,21,25). The highest BCUT2D eigenvalue weighted by molar-refractivity contribution is 7.98. The van der Waals surface area contributed by atoms with Gasteiger partial charge in [-0.05, 0) is 29.8 Å². The number of rotatable bonds is 5. The van der Waals surface area contributed by atoms with E-state index in [0.717, 1.165) is 22.0 Å². The van der Waals surface area contributed by atoms with Gasteiger partial charge in [-0.1, -0.05) is 53.2 Å². The van der Waals surface area contributed by atoms with Crippen molar-refractivity contribution in [1.29, 1.82) is 0 Å². The van der Waals surface area contributed by atoms with Crippen molar-refractivity contribution in [1.82, 2.24) is 14.8 Å². The van der Waals surface area contributed by atoms with Crippen molar-refractivity contribution in [3.8, 4) is 11.4 Å². The number of amides is 1. The summed E-state index contributed by atoms with van der Waals surface area (Å²) in [5.74, 6) is 1.19. The largest absolute Gasteiger partial charge is 0.326 e. The zero-order chi connectivity index (χ0) is 18.7. The van der Waals surface area contributed by atoms with E-state index < -0.39 is 0 Å². The second-order valence-corrected chi connectivity index (χ2v) is 7.37. The van der Waals surface area contributed by atoms with Crippen molar-refractivity contribution in [2.75, 3.05) is 5.32 Å². The van der Waals surface area contributed by atoms with E-state index in [2.05, 4.69) is 15.5 Å². The van der Waals surface area contributed by atoms with Crippen LogP contribution in [0.4, 0.5) is 5.69 Å². The molecule has 0 bridgehead atoms. The molecular formula is C18H16Cl2N4OS. The van der Waals surface area contributed by atoms with Crippen LogP contribution in [-0.2, 0) is 17.6 Å². The summed E-state index contributed by atoms with van der Waals surface area (Å²) in [6.07, 6.45) is 0. The number of aromatic nitrogens is 3. The van der Waals surface area contributed by atoms with Crippen LogP contribution in [0.1, 0.15) is 12.5 Å². The van der Waals surface area contributed by atoms with Crippen LogP contribution in [-0.4, -0.2) is 20.7 Å². The molecule has 3 rings (SSSR count). The average molecular weight is 407 g/mol. The van der Waals surface area contributed by atoms with Crippen molar-refractivity contribution in [2.24, 2.45) is 7.05 Å². The SMILES string of the molecule is CC(=O)Nc1cccc(-c2nnc(SCc3c(Cl)cccc3Cl)n2C)c1. The fourth-order valence-corrected chi connectivity index (χ4v) is 4.09. The van der Waals surface area contributed by atoms with E-state index in [9.17, 15) is 4.79 Å². The molecule has 5 nitrogen and oxygen atoms in total. The van der Waals surface area contributed by atoms with Crippen molar-refractivity contribution < 1.29 is 4.79 Å². The van der Waals surface area contributed by atoms with Gasteiger partial charge in [0.2, 0.25) is 5.91 Å². The van der Waals surface area contributed by atoms with Crippen LogP contribution in [0.5, 0.6) is 0 Å². The van der Waals surface area contributed by atoms with Crippen molar-refractivity contribution in [2.45, 2.75) is 17.8 Å². The molecule has 1 aromatic heterocycles. The minimum atomic E-state index is -0.118. The van der Waals surface area contributed by atoms with E-state index >= 15 is 0 Å². The molecule has 0 aliphatic heterocycles. The van der Waals surface area contributed by atoms with Crippen LogP contribution < -0.4 is 5.32 Å². The second kappa shape index (κ2) is 8.12. The third kappa shape index (κ3) is 4.20. The molecular weight excluding hydrogens is 391 g/mol. The van der Waals surface area contributed by atoms with Crippen LogP contribution >= 0.6 is 35.0 Å². The summed E-state index contributed by atoms with van der Waals surface area (Å²) in [7, 11) is 1.90. The van der Waals surface area contributed by atoms with Crippen LogP contribution in [0.2, 0.25) is 10.0 Å². The van der Waals surface area contributed by atoms with E-state index in [0.29, 0.717) is 21.6 Å². The lowest BCUT2D eigenvalue weighted by atomic mass is 10.2. The molecule has 26 heavy (non-hydrogen) atoms. The normalized spacial score (nSPS) is 10.8. The maximum Gasteiger partial charge on any atom is 0.221 e. The van der Waals surface area contributed by atoms with Gasteiger partial charge < -0.3 is 9.88 Å². The predicted molar refractivity (Wildman–Crippen MR) is 107 cm³/mol. The smallest absolute Gasteiger partial charge is 0.221 e. The van der Waals surface area contributed by atoms with Gasteiger partial charge in [0.25, 0.3) is 0 Å². The molecule has 0 aliphatic rings. The number of hydrogen-bond donors (Lipinski definition) is 1. The molecule has 0 saturated heterocycles. The summed E-state index contributed by atoms with van der Waals surface area (Å²) in [6.45, 7) is 1.48. The van der Waals surface area contributed by atoms with Crippen LogP contribution in [0.15, 0.2) is 47.6 Å². The monoisotopic (exact) mass is 406 g/mol. The molecule has 2 aromatic carbocycles. The molecule has 3 aromatic rings. The molecule has 0 atom stereocenters. The van der Waals surface area contributed by atoms with Gasteiger partial charge >= 0.3 is 0 Å². The maximum atomic E-state index is 11.2. The lowest BCUT2D eigenvalue weighted by Gasteiger charge is -2.08. The van der Waals surface area contributed by atoms with Crippen molar-refractivity contribution in [3.63, 3.8) is 0 Å². The van der Waals surface area contributed by atoms with Gasteiger partial charge in [-0.25, -0.2) is 0 Å². The Morgan fingerprint density at radius 3 is 2.54 bits per heavy atom. The Morgan fingerprint density at radius 1 is 1.15 bits per heavy atom. The second-order valence-electron chi connectivity index (χ2n) is 5.62.